The van der Waals surface area contributed by atoms with E-state index in [-0.39, 0.29) is 23.7 Å². The maximum atomic E-state index is 12.9. The molecule has 2 N–H and O–H groups in total. The standard InChI is InChI=1S/C14H18F6O3.C14H16F6O3.C4H12O3Si/c2*1-11(2,12(22,13(15,16)17)14(18,19)20)23-10(21)9-6-7-3-4-8(9)5-7;1-5-8(4,6-2)7-3/h7-9,22H,3-6H2,1-2H3;3-4,7-9,22H,5-6H2,1-2H3;1-4H3. The van der Waals surface area contributed by atoms with E-state index in [1.165, 1.54) is 0 Å². The summed E-state index contributed by atoms with van der Waals surface area (Å²) in [6.07, 6.45) is -16.9. The van der Waals surface area contributed by atoms with Crippen molar-refractivity contribution in [2.24, 2.45) is 35.5 Å². The van der Waals surface area contributed by atoms with Crippen molar-refractivity contribution in [1.82, 2.24) is 0 Å². The first-order valence-electron chi connectivity index (χ1n) is 16.6. The Kier molecular flexibility index (Phi) is 14.2. The number of carbonyl (C=O) groups is 2. The molecule has 22 heteroatoms. The lowest BCUT2D eigenvalue weighted by Gasteiger charge is -2.43. The van der Waals surface area contributed by atoms with Gasteiger partial charge < -0.3 is 33.0 Å². The van der Waals surface area contributed by atoms with E-state index >= 15 is 0 Å². The second-order valence-corrected chi connectivity index (χ2v) is 17.9. The van der Waals surface area contributed by atoms with Gasteiger partial charge in [0.05, 0.1) is 11.8 Å². The third kappa shape index (κ3) is 9.34. The number of hydrogen-bond donors (Lipinski definition) is 2. The van der Waals surface area contributed by atoms with E-state index in [1.807, 2.05) is 12.6 Å². The second-order valence-electron chi connectivity index (χ2n) is 14.9. The third-order valence-corrected chi connectivity index (χ3v) is 13.1. The molecule has 0 aromatic heterocycles. The van der Waals surface area contributed by atoms with E-state index in [2.05, 4.69) is 9.47 Å². The number of ether oxygens (including phenoxy) is 2. The van der Waals surface area contributed by atoms with Gasteiger partial charge in [-0.2, -0.15) is 52.7 Å². The Hall–Kier alpha value is -2.14. The van der Waals surface area contributed by atoms with Gasteiger partial charge in [-0.15, -0.1) is 0 Å². The monoisotopic (exact) mass is 830 g/mol. The Morgan fingerprint density at radius 1 is 0.593 bits per heavy atom. The molecule has 0 aliphatic heterocycles. The molecular weight excluding hydrogens is 784 g/mol. The first-order chi connectivity index (χ1) is 24.1. The molecule has 6 atom stereocenters. The number of alkyl halides is 12. The molecule has 6 unspecified atom stereocenters. The normalized spacial score (nSPS) is 26.2. The largest absolute Gasteiger partial charge is 0.496 e. The van der Waals surface area contributed by atoms with E-state index < -0.39 is 79.7 Å². The molecule has 0 aromatic carbocycles. The molecule has 316 valence electrons. The van der Waals surface area contributed by atoms with E-state index in [9.17, 15) is 72.5 Å². The number of allylic oxidation sites excluding steroid dienone is 2. The molecule has 3 fully saturated rings. The molecule has 0 heterocycles. The average molecular weight is 831 g/mol. The van der Waals surface area contributed by atoms with Gasteiger partial charge in [-0.05, 0) is 83.5 Å². The van der Waals surface area contributed by atoms with E-state index in [0.29, 0.717) is 53.4 Å². The summed E-state index contributed by atoms with van der Waals surface area (Å²) < 4.78 is 179. The highest BCUT2D eigenvalue weighted by Crippen LogP contribution is 2.54. The fourth-order valence-corrected chi connectivity index (χ4v) is 7.82. The van der Waals surface area contributed by atoms with Crippen LogP contribution in [0.4, 0.5) is 52.7 Å². The zero-order valence-corrected chi connectivity index (χ0v) is 31.6. The lowest BCUT2D eigenvalue weighted by Crippen LogP contribution is -2.70. The van der Waals surface area contributed by atoms with Crippen molar-refractivity contribution < 1.29 is 95.2 Å². The number of halogens is 12. The first kappa shape index (κ1) is 48.0. The maximum Gasteiger partial charge on any atom is 0.496 e. The summed E-state index contributed by atoms with van der Waals surface area (Å²) in [6, 6.07) is 0. The molecule has 0 aromatic rings. The minimum absolute atomic E-state index is 0.0619. The summed E-state index contributed by atoms with van der Waals surface area (Å²) in [5.41, 5.74) is -16.7. The van der Waals surface area contributed by atoms with Gasteiger partial charge in [-0.25, -0.2) is 0 Å². The number of esters is 2. The predicted molar refractivity (Wildman–Crippen MR) is 165 cm³/mol. The van der Waals surface area contributed by atoms with E-state index in [0.717, 1.165) is 12.8 Å². The number of carbonyl (C=O) groups excluding carboxylic acids is 2. The van der Waals surface area contributed by atoms with Crippen molar-refractivity contribution >= 4 is 20.7 Å². The molecule has 9 nitrogen and oxygen atoms in total. The smallest absolute Gasteiger partial charge is 0.456 e. The van der Waals surface area contributed by atoms with Crippen LogP contribution in [-0.2, 0) is 32.3 Å². The molecule has 0 spiro atoms. The van der Waals surface area contributed by atoms with Gasteiger partial charge in [-0.3, -0.25) is 9.59 Å². The van der Waals surface area contributed by atoms with Crippen LogP contribution in [-0.4, -0.2) is 99.4 Å². The van der Waals surface area contributed by atoms with Crippen LogP contribution in [0.5, 0.6) is 0 Å². The van der Waals surface area contributed by atoms with Gasteiger partial charge in [0.1, 0.15) is 0 Å². The molecule has 0 saturated heterocycles. The number of aliphatic hydroxyl groups is 2. The molecule has 0 radical (unpaired) electrons. The van der Waals surface area contributed by atoms with E-state index in [4.69, 9.17) is 13.3 Å². The molecule has 54 heavy (non-hydrogen) atoms. The van der Waals surface area contributed by atoms with Crippen molar-refractivity contribution in [2.75, 3.05) is 21.3 Å². The SMILES string of the molecule is CC(C)(OC(=O)C1CC2C=CC1C2)C(O)(C(F)(F)F)C(F)(F)F.CC(C)(OC(=O)C1CC2CCC1C2)C(O)(C(F)(F)F)C(F)(F)F.CO[Si](C)(OC)OC. The average Bonchev–Trinajstić information content (AvgIpc) is 3.85. The van der Waals surface area contributed by atoms with Crippen molar-refractivity contribution in [3.63, 3.8) is 0 Å². The quantitative estimate of drug-likeness (QED) is 0.106. The van der Waals surface area contributed by atoms with Crippen molar-refractivity contribution in [2.45, 2.75) is 120 Å². The highest BCUT2D eigenvalue weighted by molar-refractivity contribution is 6.58. The summed E-state index contributed by atoms with van der Waals surface area (Å²) in [5, 5.41) is 18.8. The molecule has 4 rings (SSSR count). The molecule has 4 aliphatic carbocycles. The zero-order valence-electron chi connectivity index (χ0n) is 30.6. The summed E-state index contributed by atoms with van der Waals surface area (Å²) in [7, 11) is 2.58. The Morgan fingerprint density at radius 3 is 1.22 bits per heavy atom. The Bertz CT molecular complexity index is 1300. The van der Waals surface area contributed by atoms with Crippen LogP contribution in [0.25, 0.3) is 0 Å². The van der Waals surface area contributed by atoms with Crippen molar-refractivity contribution in [3.8, 4) is 0 Å². The van der Waals surface area contributed by atoms with Gasteiger partial charge in [0.15, 0.2) is 11.2 Å². The van der Waals surface area contributed by atoms with E-state index in [1.54, 1.807) is 27.4 Å². The van der Waals surface area contributed by atoms with Gasteiger partial charge in [0.25, 0.3) is 11.2 Å². The fourth-order valence-electron chi connectivity index (χ4n) is 7.32. The van der Waals surface area contributed by atoms with Crippen molar-refractivity contribution in [1.29, 1.82) is 0 Å². The molecular formula is C32H46F12O9Si. The lowest BCUT2D eigenvalue weighted by atomic mass is 9.83. The molecule has 0 amide bonds. The highest BCUT2D eigenvalue weighted by Gasteiger charge is 2.80. The summed E-state index contributed by atoms with van der Waals surface area (Å²) in [5.74, 6) is -3.68. The Labute approximate surface area is 305 Å². The predicted octanol–water partition coefficient (Wildman–Crippen LogP) is 7.47. The van der Waals surface area contributed by atoms with Crippen LogP contribution in [0, 0.1) is 35.5 Å². The van der Waals surface area contributed by atoms with Crippen LogP contribution in [0.3, 0.4) is 0 Å². The minimum Gasteiger partial charge on any atom is -0.456 e. The maximum absolute atomic E-state index is 12.9. The summed E-state index contributed by atoms with van der Waals surface area (Å²) in [6.45, 7) is 3.51. The number of fused-ring (bicyclic) bond motifs is 4. The van der Waals surface area contributed by atoms with Gasteiger partial charge in [0, 0.05) is 27.9 Å². The number of rotatable bonds is 9. The molecule has 3 saturated carbocycles. The number of hydrogen-bond acceptors (Lipinski definition) is 9. The third-order valence-electron chi connectivity index (χ3n) is 10.8. The van der Waals surface area contributed by atoms with Gasteiger partial charge in [-0.1, -0.05) is 18.6 Å². The lowest BCUT2D eigenvalue weighted by molar-refractivity contribution is -0.408. The molecule has 4 bridgehead atoms. The van der Waals surface area contributed by atoms with Gasteiger partial charge in [0.2, 0.25) is 0 Å². The summed E-state index contributed by atoms with van der Waals surface area (Å²) in [4.78, 5) is 24.1. The Balaban J connectivity index is 0.000000312. The van der Waals surface area contributed by atoms with Crippen LogP contribution in [0.1, 0.15) is 66.2 Å². The molecule has 4 aliphatic rings. The zero-order chi connectivity index (χ0) is 42.3. The fraction of sp³-hybridized carbons (Fsp3) is 0.875. The van der Waals surface area contributed by atoms with Crippen LogP contribution in [0.2, 0.25) is 6.55 Å². The van der Waals surface area contributed by atoms with Crippen LogP contribution >= 0.6 is 0 Å². The topological polar surface area (TPSA) is 121 Å². The minimum atomic E-state index is -6.05. The van der Waals surface area contributed by atoms with Gasteiger partial charge >= 0.3 is 45.4 Å². The van der Waals surface area contributed by atoms with Crippen LogP contribution < -0.4 is 0 Å². The van der Waals surface area contributed by atoms with Crippen molar-refractivity contribution in [3.05, 3.63) is 12.2 Å². The Morgan fingerprint density at radius 2 is 0.981 bits per heavy atom. The first-order valence-corrected chi connectivity index (χ1v) is 18.8. The second kappa shape index (κ2) is 16.0. The highest BCUT2D eigenvalue weighted by atomic mass is 28.4. The van der Waals surface area contributed by atoms with Crippen LogP contribution in [0.15, 0.2) is 12.2 Å². The summed E-state index contributed by atoms with van der Waals surface area (Å²) >= 11 is 0.